The zero-order valence-electron chi connectivity index (χ0n) is 11.7. The Morgan fingerprint density at radius 3 is 2.06 bits per heavy atom. The van der Waals surface area contributed by atoms with Crippen LogP contribution in [-0.2, 0) is 20.7 Å². The summed E-state index contributed by atoms with van der Waals surface area (Å²) >= 11 is 0. The van der Waals surface area contributed by atoms with Crippen LogP contribution in [0.2, 0.25) is 19.6 Å². The first-order valence-corrected chi connectivity index (χ1v) is 11.2. The number of benzene rings is 1. The molecule has 102 valence electrons. The molecule has 0 saturated heterocycles. The van der Waals surface area contributed by atoms with E-state index in [4.69, 9.17) is 4.18 Å². The Hall–Kier alpha value is -0.653. The molecule has 1 atom stereocenters. The monoisotopic (exact) mass is 286 g/mol. The van der Waals surface area contributed by atoms with Gasteiger partial charge in [0.05, 0.1) is 18.7 Å². The predicted molar refractivity (Wildman–Crippen MR) is 76.9 cm³/mol. The van der Waals surface area contributed by atoms with Gasteiger partial charge in [0, 0.05) is 0 Å². The lowest BCUT2D eigenvalue weighted by atomic mass is 10.2. The van der Waals surface area contributed by atoms with Crippen molar-refractivity contribution in [3.63, 3.8) is 0 Å². The molecule has 0 aliphatic heterocycles. The average Bonchev–Trinajstić information content (AvgIpc) is 2.27. The van der Waals surface area contributed by atoms with Crippen molar-refractivity contribution in [3.05, 3.63) is 29.8 Å². The number of rotatable bonds is 5. The first kappa shape index (κ1) is 15.4. The zero-order chi connectivity index (χ0) is 14.0. The van der Waals surface area contributed by atoms with Gasteiger partial charge in [-0.3, -0.25) is 4.18 Å². The van der Waals surface area contributed by atoms with Gasteiger partial charge >= 0.3 is 0 Å². The van der Waals surface area contributed by atoms with Gasteiger partial charge in [0.2, 0.25) is 0 Å². The highest BCUT2D eigenvalue weighted by Gasteiger charge is 2.29. The van der Waals surface area contributed by atoms with Crippen LogP contribution < -0.4 is 0 Å². The second kappa shape index (κ2) is 5.55. The molecule has 1 rings (SSSR count). The van der Waals surface area contributed by atoms with E-state index in [1.807, 2.05) is 26.0 Å². The Labute approximate surface area is 111 Å². The molecule has 0 saturated carbocycles. The molecule has 0 aromatic heterocycles. The maximum absolute atomic E-state index is 12.1. The minimum absolute atomic E-state index is 0.228. The molecule has 0 spiro atoms. The number of hydrogen-bond donors (Lipinski definition) is 0. The van der Waals surface area contributed by atoms with E-state index in [1.54, 1.807) is 12.1 Å². The van der Waals surface area contributed by atoms with E-state index in [9.17, 15) is 8.42 Å². The Bertz CT molecular complexity index is 486. The maximum Gasteiger partial charge on any atom is 0.296 e. The van der Waals surface area contributed by atoms with Crippen LogP contribution in [-0.4, -0.2) is 22.2 Å². The third-order valence-electron chi connectivity index (χ3n) is 3.11. The summed E-state index contributed by atoms with van der Waals surface area (Å²) in [6.07, 6.45) is 0.895. The quantitative estimate of drug-likeness (QED) is 0.616. The molecule has 1 aromatic rings. The second-order valence-electron chi connectivity index (χ2n) is 5.56. The summed E-state index contributed by atoms with van der Waals surface area (Å²) in [6, 6.07) is 6.89. The summed E-state index contributed by atoms with van der Waals surface area (Å²) in [5.41, 5.74) is 0.889. The van der Waals surface area contributed by atoms with Gasteiger partial charge in [-0.05, 0) is 31.0 Å². The van der Waals surface area contributed by atoms with Crippen molar-refractivity contribution in [2.75, 3.05) is 0 Å². The fourth-order valence-corrected chi connectivity index (χ4v) is 3.78. The summed E-state index contributed by atoms with van der Waals surface area (Å²) in [5.74, 6) is 0. The largest absolute Gasteiger partial charge is 0.296 e. The third-order valence-corrected chi connectivity index (χ3v) is 7.23. The minimum Gasteiger partial charge on any atom is -0.267 e. The number of hydrogen-bond acceptors (Lipinski definition) is 3. The molecular weight excluding hydrogens is 264 g/mol. The fourth-order valence-electron chi connectivity index (χ4n) is 1.28. The number of aryl methyl sites for hydroxylation is 1. The molecule has 0 aliphatic carbocycles. The van der Waals surface area contributed by atoms with Crippen LogP contribution in [0.3, 0.4) is 0 Å². The van der Waals surface area contributed by atoms with Crippen molar-refractivity contribution in [2.24, 2.45) is 0 Å². The van der Waals surface area contributed by atoms with E-state index in [0.717, 1.165) is 12.0 Å². The molecule has 18 heavy (non-hydrogen) atoms. The van der Waals surface area contributed by atoms with E-state index in [1.165, 1.54) is 0 Å². The molecule has 3 nitrogen and oxygen atoms in total. The Kier molecular flexibility index (Phi) is 4.75. The van der Waals surface area contributed by atoms with Crippen LogP contribution in [0.15, 0.2) is 29.2 Å². The molecule has 0 fully saturated rings. The molecular formula is C13H22O3SSi. The van der Waals surface area contributed by atoms with Crippen molar-refractivity contribution >= 4 is 18.2 Å². The Morgan fingerprint density at radius 1 is 1.17 bits per heavy atom. The summed E-state index contributed by atoms with van der Waals surface area (Å²) in [7, 11) is -5.26. The van der Waals surface area contributed by atoms with Gasteiger partial charge in [-0.2, -0.15) is 8.42 Å². The van der Waals surface area contributed by atoms with Crippen molar-refractivity contribution < 1.29 is 12.6 Å². The highest BCUT2D eigenvalue weighted by atomic mass is 32.2. The lowest BCUT2D eigenvalue weighted by molar-refractivity contribution is 0.292. The second-order valence-corrected chi connectivity index (χ2v) is 12.7. The van der Waals surface area contributed by atoms with Crippen LogP contribution in [0.5, 0.6) is 0 Å². The molecule has 1 aromatic carbocycles. The summed E-state index contributed by atoms with van der Waals surface area (Å²) in [4.78, 5) is 0.241. The smallest absolute Gasteiger partial charge is 0.267 e. The Balaban J connectivity index is 2.93. The first-order valence-electron chi connectivity index (χ1n) is 6.19. The molecule has 0 N–H and O–H groups in total. The average molecular weight is 286 g/mol. The van der Waals surface area contributed by atoms with Crippen molar-refractivity contribution in [1.82, 2.24) is 0 Å². The molecule has 0 amide bonds. The van der Waals surface area contributed by atoms with Crippen molar-refractivity contribution in [2.45, 2.75) is 50.5 Å². The van der Waals surface area contributed by atoms with E-state index < -0.39 is 18.2 Å². The SMILES string of the molecule is CCc1ccc(S(=O)(=O)OC(C)[Si](C)(C)C)cc1. The van der Waals surface area contributed by atoms with E-state index in [-0.39, 0.29) is 10.6 Å². The van der Waals surface area contributed by atoms with Crippen molar-refractivity contribution in [1.29, 1.82) is 0 Å². The topological polar surface area (TPSA) is 43.4 Å². The van der Waals surface area contributed by atoms with Crippen LogP contribution in [0, 0.1) is 0 Å². The third kappa shape index (κ3) is 3.93. The fraction of sp³-hybridized carbons (Fsp3) is 0.538. The molecule has 1 unspecified atom stereocenters. The normalized spacial score (nSPS) is 14.5. The predicted octanol–water partition coefficient (Wildman–Crippen LogP) is 3.22. The first-order chi connectivity index (χ1) is 8.16. The van der Waals surface area contributed by atoms with Crippen LogP contribution in [0.4, 0.5) is 0 Å². The van der Waals surface area contributed by atoms with E-state index in [2.05, 4.69) is 19.6 Å². The lowest BCUT2D eigenvalue weighted by Crippen LogP contribution is -2.39. The highest BCUT2D eigenvalue weighted by molar-refractivity contribution is 7.86. The van der Waals surface area contributed by atoms with Crippen LogP contribution in [0.25, 0.3) is 0 Å². The molecule has 5 heteroatoms. The Morgan fingerprint density at radius 2 is 1.67 bits per heavy atom. The minimum atomic E-state index is -3.63. The highest BCUT2D eigenvalue weighted by Crippen LogP contribution is 2.19. The van der Waals surface area contributed by atoms with Gasteiger partial charge in [-0.1, -0.05) is 38.7 Å². The molecule has 0 radical (unpaired) electrons. The van der Waals surface area contributed by atoms with Gasteiger partial charge < -0.3 is 0 Å². The van der Waals surface area contributed by atoms with Crippen LogP contribution >= 0.6 is 0 Å². The molecule has 0 aliphatic rings. The van der Waals surface area contributed by atoms with Gasteiger partial charge in [0.15, 0.2) is 0 Å². The van der Waals surface area contributed by atoms with Crippen molar-refractivity contribution in [3.8, 4) is 0 Å². The maximum atomic E-state index is 12.1. The summed E-state index contributed by atoms with van der Waals surface area (Å²) in [6.45, 7) is 10.1. The van der Waals surface area contributed by atoms with E-state index >= 15 is 0 Å². The summed E-state index contributed by atoms with van der Waals surface area (Å²) in [5, 5.41) is 0. The lowest BCUT2D eigenvalue weighted by Gasteiger charge is -2.24. The van der Waals surface area contributed by atoms with Gasteiger partial charge in [0.25, 0.3) is 10.1 Å². The van der Waals surface area contributed by atoms with Gasteiger partial charge in [0.1, 0.15) is 0 Å². The van der Waals surface area contributed by atoms with E-state index in [0.29, 0.717) is 0 Å². The van der Waals surface area contributed by atoms with Gasteiger partial charge in [-0.15, -0.1) is 0 Å². The summed E-state index contributed by atoms with van der Waals surface area (Å²) < 4.78 is 29.5. The molecule has 0 heterocycles. The standard InChI is InChI=1S/C13H22O3SSi/c1-6-12-7-9-13(10-8-12)17(14,15)16-11(2)18(3,4)5/h7-11H,6H2,1-5H3. The van der Waals surface area contributed by atoms with Gasteiger partial charge in [-0.25, -0.2) is 0 Å². The van der Waals surface area contributed by atoms with Crippen LogP contribution in [0.1, 0.15) is 19.4 Å². The molecule has 0 bridgehead atoms. The zero-order valence-corrected chi connectivity index (χ0v) is 13.5.